The summed E-state index contributed by atoms with van der Waals surface area (Å²) in [4.78, 5) is 27.1. The second-order valence-corrected chi connectivity index (χ2v) is 4.45. The van der Waals surface area contributed by atoms with E-state index in [0.29, 0.717) is 25.1 Å². The van der Waals surface area contributed by atoms with Crippen molar-refractivity contribution in [2.75, 3.05) is 13.1 Å². The number of nitrogens with zero attached hydrogens (tertiary/aromatic N) is 1. The van der Waals surface area contributed by atoms with E-state index in [1.54, 1.807) is 18.3 Å². The highest BCUT2D eigenvalue weighted by Gasteiger charge is 2.20. The molecule has 0 spiro atoms. The third-order valence-electron chi connectivity index (χ3n) is 2.93. The molecule has 4 N–H and O–H groups in total. The minimum absolute atomic E-state index is 0.0245. The van der Waals surface area contributed by atoms with Crippen LogP contribution in [0.5, 0.6) is 0 Å². The molecule has 2 heterocycles. The van der Waals surface area contributed by atoms with Crippen LogP contribution in [0, 0.1) is 11.8 Å². The van der Waals surface area contributed by atoms with E-state index < -0.39 is 0 Å². The van der Waals surface area contributed by atoms with E-state index in [-0.39, 0.29) is 24.4 Å². The Labute approximate surface area is 117 Å². The summed E-state index contributed by atoms with van der Waals surface area (Å²) in [6.45, 7) is 0.750. The summed E-state index contributed by atoms with van der Waals surface area (Å²) in [5, 5.41) is 5.56. The van der Waals surface area contributed by atoms with E-state index in [1.807, 2.05) is 0 Å². The maximum Gasteiger partial charge on any atom is 0.270 e. The van der Waals surface area contributed by atoms with Crippen molar-refractivity contribution >= 4 is 11.8 Å². The van der Waals surface area contributed by atoms with Crippen LogP contribution in [-0.2, 0) is 4.79 Å². The van der Waals surface area contributed by atoms with Crippen molar-refractivity contribution in [2.45, 2.75) is 18.9 Å². The van der Waals surface area contributed by atoms with Gasteiger partial charge in [0.05, 0.1) is 6.54 Å². The molecule has 20 heavy (non-hydrogen) atoms. The van der Waals surface area contributed by atoms with Gasteiger partial charge in [-0.3, -0.25) is 9.59 Å². The van der Waals surface area contributed by atoms with Gasteiger partial charge >= 0.3 is 0 Å². The fourth-order valence-electron chi connectivity index (χ4n) is 1.87. The van der Waals surface area contributed by atoms with Gasteiger partial charge in [-0.05, 0) is 18.6 Å². The average molecular weight is 272 g/mol. The molecule has 0 aromatic carbocycles. The van der Waals surface area contributed by atoms with Crippen LogP contribution in [-0.4, -0.2) is 35.9 Å². The number of nitrogens with two attached hydrogens (primary N) is 1. The molecule has 1 aromatic heterocycles. The molecule has 1 fully saturated rings. The molecule has 2 amide bonds. The predicted molar refractivity (Wildman–Crippen MR) is 73.7 cm³/mol. The highest BCUT2D eigenvalue weighted by molar-refractivity contribution is 5.92. The number of aromatic nitrogens is 1. The van der Waals surface area contributed by atoms with Crippen molar-refractivity contribution in [1.82, 2.24) is 15.6 Å². The van der Waals surface area contributed by atoms with Crippen LogP contribution in [0.4, 0.5) is 0 Å². The van der Waals surface area contributed by atoms with E-state index in [9.17, 15) is 9.59 Å². The molecular formula is C14H16N4O2. The molecule has 1 unspecified atom stereocenters. The molecule has 0 bridgehead atoms. The quantitative estimate of drug-likeness (QED) is 0.626. The van der Waals surface area contributed by atoms with Crippen LogP contribution in [0.2, 0.25) is 0 Å². The summed E-state index contributed by atoms with van der Waals surface area (Å²) >= 11 is 0. The fraction of sp³-hybridized carbons (Fsp3) is 0.357. The number of piperidine rings is 1. The minimum atomic E-state index is -0.246. The zero-order valence-corrected chi connectivity index (χ0v) is 11.0. The SMILES string of the molecule is NCC#Cc1ccc(C(=O)NC2CCC(=O)NC2)nc1. The number of amides is 2. The summed E-state index contributed by atoms with van der Waals surface area (Å²) in [5.41, 5.74) is 6.33. The van der Waals surface area contributed by atoms with Crippen LogP contribution in [0.15, 0.2) is 18.3 Å². The van der Waals surface area contributed by atoms with E-state index in [4.69, 9.17) is 5.73 Å². The Morgan fingerprint density at radius 2 is 2.40 bits per heavy atom. The Morgan fingerprint density at radius 1 is 1.55 bits per heavy atom. The monoisotopic (exact) mass is 272 g/mol. The normalized spacial score (nSPS) is 17.6. The zero-order valence-electron chi connectivity index (χ0n) is 11.0. The van der Waals surface area contributed by atoms with Gasteiger partial charge in [0.2, 0.25) is 5.91 Å². The number of hydrogen-bond acceptors (Lipinski definition) is 4. The van der Waals surface area contributed by atoms with Crippen molar-refractivity contribution < 1.29 is 9.59 Å². The van der Waals surface area contributed by atoms with Crippen LogP contribution < -0.4 is 16.4 Å². The van der Waals surface area contributed by atoms with Crippen molar-refractivity contribution in [2.24, 2.45) is 5.73 Å². The Morgan fingerprint density at radius 3 is 3.00 bits per heavy atom. The Kier molecular flexibility index (Phi) is 4.69. The first-order chi connectivity index (χ1) is 9.69. The molecule has 1 atom stereocenters. The molecule has 1 aromatic rings. The molecule has 0 radical (unpaired) electrons. The Balaban J connectivity index is 1.93. The third kappa shape index (κ3) is 3.80. The molecule has 2 rings (SSSR count). The van der Waals surface area contributed by atoms with Crippen LogP contribution in [0.3, 0.4) is 0 Å². The Hall–Kier alpha value is -2.39. The number of carbonyl (C=O) groups excluding carboxylic acids is 2. The predicted octanol–water partition coefficient (Wildman–Crippen LogP) is -0.600. The molecule has 0 aliphatic carbocycles. The molecule has 6 heteroatoms. The molecule has 1 aliphatic rings. The summed E-state index contributed by atoms with van der Waals surface area (Å²) in [6, 6.07) is 3.31. The van der Waals surface area contributed by atoms with Crippen molar-refractivity contribution in [3.63, 3.8) is 0 Å². The second-order valence-electron chi connectivity index (χ2n) is 4.45. The summed E-state index contributed by atoms with van der Waals surface area (Å²) < 4.78 is 0. The lowest BCUT2D eigenvalue weighted by Crippen LogP contribution is -2.47. The van der Waals surface area contributed by atoms with Gasteiger partial charge < -0.3 is 16.4 Å². The number of hydrogen-bond donors (Lipinski definition) is 3. The molecule has 104 valence electrons. The Bertz CT molecular complexity index is 547. The van der Waals surface area contributed by atoms with Crippen LogP contribution >= 0.6 is 0 Å². The van der Waals surface area contributed by atoms with Gasteiger partial charge in [-0.15, -0.1) is 0 Å². The smallest absolute Gasteiger partial charge is 0.270 e. The lowest BCUT2D eigenvalue weighted by molar-refractivity contribution is -0.122. The maximum atomic E-state index is 12.0. The first-order valence-electron chi connectivity index (χ1n) is 6.41. The third-order valence-corrected chi connectivity index (χ3v) is 2.93. The molecule has 6 nitrogen and oxygen atoms in total. The number of pyridine rings is 1. The summed E-state index contributed by atoms with van der Waals surface area (Å²) in [7, 11) is 0. The van der Waals surface area contributed by atoms with Crippen molar-refractivity contribution in [1.29, 1.82) is 0 Å². The second kappa shape index (κ2) is 6.68. The first kappa shape index (κ1) is 14.0. The van der Waals surface area contributed by atoms with E-state index in [2.05, 4.69) is 27.5 Å². The average Bonchev–Trinajstić information content (AvgIpc) is 2.48. The highest BCUT2D eigenvalue weighted by atomic mass is 16.2. The molecule has 0 saturated carbocycles. The lowest BCUT2D eigenvalue weighted by Gasteiger charge is -2.23. The lowest BCUT2D eigenvalue weighted by atomic mass is 10.1. The van der Waals surface area contributed by atoms with Gasteiger partial charge in [0.25, 0.3) is 5.91 Å². The van der Waals surface area contributed by atoms with Crippen LogP contribution in [0.25, 0.3) is 0 Å². The number of carbonyl (C=O) groups is 2. The van der Waals surface area contributed by atoms with Gasteiger partial charge in [-0.25, -0.2) is 4.98 Å². The molecular weight excluding hydrogens is 256 g/mol. The van der Waals surface area contributed by atoms with E-state index in [0.717, 1.165) is 5.56 Å². The van der Waals surface area contributed by atoms with Crippen LogP contribution in [0.1, 0.15) is 28.9 Å². The summed E-state index contributed by atoms with van der Waals surface area (Å²) in [5.74, 6) is 5.34. The standard InChI is InChI=1S/C14H16N4O2/c15-7-1-2-10-3-5-12(16-8-10)14(20)18-11-4-6-13(19)17-9-11/h3,5,8,11H,4,6-7,9,15H2,(H,17,19)(H,18,20). The number of rotatable bonds is 2. The van der Waals surface area contributed by atoms with E-state index in [1.165, 1.54) is 0 Å². The van der Waals surface area contributed by atoms with Gasteiger partial charge in [0.15, 0.2) is 0 Å². The molecule has 1 saturated heterocycles. The van der Waals surface area contributed by atoms with Gasteiger partial charge in [-0.2, -0.15) is 0 Å². The zero-order chi connectivity index (χ0) is 14.4. The highest BCUT2D eigenvalue weighted by Crippen LogP contribution is 2.05. The summed E-state index contributed by atoms with van der Waals surface area (Å²) in [6.07, 6.45) is 2.63. The van der Waals surface area contributed by atoms with Gasteiger partial charge in [0, 0.05) is 30.8 Å². The number of nitrogens with one attached hydrogen (secondary N) is 2. The fourth-order valence-corrected chi connectivity index (χ4v) is 1.87. The van der Waals surface area contributed by atoms with Gasteiger partial charge in [0.1, 0.15) is 5.69 Å². The topological polar surface area (TPSA) is 97.1 Å². The van der Waals surface area contributed by atoms with Crippen molar-refractivity contribution in [3.8, 4) is 11.8 Å². The minimum Gasteiger partial charge on any atom is -0.354 e. The molecule has 1 aliphatic heterocycles. The van der Waals surface area contributed by atoms with Crippen molar-refractivity contribution in [3.05, 3.63) is 29.6 Å². The van der Waals surface area contributed by atoms with E-state index >= 15 is 0 Å². The first-order valence-corrected chi connectivity index (χ1v) is 6.41. The van der Waals surface area contributed by atoms with Gasteiger partial charge in [-0.1, -0.05) is 11.8 Å². The maximum absolute atomic E-state index is 12.0. The largest absolute Gasteiger partial charge is 0.354 e.